The number of halogens is 1. The highest BCUT2D eigenvalue weighted by Gasteiger charge is 2.19. The summed E-state index contributed by atoms with van der Waals surface area (Å²) in [6.07, 6.45) is 1.92. The summed E-state index contributed by atoms with van der Waals surface area (Å²) in [7, 11) is 0. The smallest absolute Gasteiger partial charge is 0.141 e. The number of benzene rings is 2. The molecule has 4 rings (SSSR count). The molecule has 0 radical (unpaired) electrons. The van der Waals surface area contributed by atoms with E-state index in [1.165, 1.54) is 6.07 Å². The minimum atomic E-state index is -0.486. The first kappa shape index (κ1) is 19.8. The maximum atomic E-state index is 14.4. The SMILES string of the molecule is N#Cc1ccc(-c2cc(CC3CNCCO3)ccc2N2CCCOCC2)cc1F. The molecule has 2 aliphatic rings. The van der Waals surface area contributed by atoms with Crippen LogP contribution in [0.15, 0.2) is 36.4 Å². The molecule has 1 N–H and O–H groups in total. The molecule has 2 aliphatic heterocycles. The first-order valence-corrected chi connectivity index (χ1v) is 10.2. The average Bonchev–Trinajstić information content (AvgIpc) is 3.04. The minimum absolute atomic E-state index is 0.0660. The van der Waals surface area contributed by atoms with Gasteiger partial charge in [-0.1, -0.05) is 12.1 Å². The lowest BCUT2D eigenvalue weighted by Crippen LogP contribution is -2.39. The zero-order valence-electron chi connectivity index (χ0n) is 16.5. The summed E-state index contributed by atoms with van der Waals surface area (Å²) in [5.41, 5.74) is 4.07. The highest BCUT2D eigenvalue weighted by molar-refractivity contribution is 5.80. The van der Waals surface area contributed by atoms with Crippen LogP contribution in [0.4, 0.5) is 10.1 Å². The molecule has 2 aromatic carbocycles. The van der Waals surface area contributed by atoms with Crippen LogP contribution in [0.3, 0.4) is 0 Å². The van der Waals surface area contributed by atoms with Gasteiger partial charge in [0.15, 0.2) is 0 Å². The van der Waals surface area contributed by atoms with Gasteiger partial charge in [0, 0.05) is 44.0 Å². The summed E-state index contributed by atoms with van der Waals surface area (Å²) in [6.45, 7) is 5.62. The van der Waals surface area contributed by atoms with Crippen molar-refractivity contribution in [2.45, 2.75) is 18.9 Å². The van der Waals surface area contributed by atoms with Crippen molar-refractivity contribution in [2.75, 3.05) is 50.9 Å². The Kier molecular flexibility index (Phi) is 6.40. The van der Waals surface area contributed by atoms with Crippen LogP contribution in [-0.4, -0.2) is 52.1 Å². The van der Waals surface area contributed by atoms with Gasteiger partial charge in [0.25, 0.3) is 0 Å². The largest absolute Gasteiger partial charge is 0.380 e. The number of rotatable bonds is 4. The Hall–Kier alpha value is -2.46. The van der Waals surface area contributed by atoms with Crippen LogP contribution in [-0.2, 0) is 15.9 Å². The summed E-state index contributed by atoms with van der Waals surface area (Å²) in [5, 5.41) is 12.4. The van der Waals surface area contributed by atoms with Crippen molar-refractivity contribution < 1.29 is 13.9 Å². The number of ether oxygens (including phenoxy) is 2. The van der Waals surface area contributed by atoms with E-state index in [9.17, 15) is 4.39 Å². The minimum Gasteiger partial charge on any atom is -0.380 e. The molecule has 0 bridgehead atoms. The van der Waals surface area contributed by atoms with Gasteiger partial charge in [-0.2, -0.15) is 5.26 Å². The van der Waals surface area contributed by atoms with Crippen LogP contribution in [0.2, 0.25) is 0 Å². The van der Waals surface area contributed by atoms with E-state index in [0.29, 0.717) is 6.61 Å². The van der Waals surface area contributed by atoms with Gasteiger partial charge in [0.05, 0.1) is 24.9 Å². The standard InChI is InChI=1S/C23H26FN3O2/c24-22-14-18(3-4-19(22)15-25)21-13-17(12-20-16-26-6-10-29-20)2-5-23(21)27-7-1-9-28-11-8-27/h2-5,13-14,20,26H,1,6-12,16H2. The average molecular weight is 395 g/mol. The zero-order chi connectivity index (χ0) is 20.1. The van der Waals surface area contributed by atoms with Crippen molar-refractivity contribution in [1.29, 1.82) is 5.26 Å². The van der Waals surface area contributed by atoms with E-state index < -0.39 is 5.82 Å². The number of hydrogen-bond acceptors (Lipinski definition) is 5. The molecule has 6 heteroatoms. The summed E-state index contributed by atoms with van der Waals surface area (Å²) in [6, 6.07) is 13.2. The van der Waals surface area contributed by atoms with Crippen LogP contribution < -0.4 is 10.2 Å². The summed E-state index contributed by atoms with van der Waals surface area (Å²) >= 11 is 0. The predicted molar refractivity (Wildman–Crippen MR) is 111 cm³/mol. The zero-order valence-corrected chi connectivity index (χ0v) is 16.5. The Morgan fingerprint density at radius 3 is 2.86 bits per heavy atom. The van der Waals surface area contributed by atoms with Gasteiger partial charge in [0.2, 0.25) is 0 Å². The Labute approximate surface area is 171 Å². The van der Waals surface area contributed by atoms with Gasteiger partial charge in [-0.15, -0.1) is 0 Å². The lowest BCUT2D eigenvalue weighted by atomic mass is 9.96. The summed E-state index contributed by atoms with van der Waals surface area (Å²) < 4.78 is 25.8. The maximum absolute atomic E-state index is 14.4. The van der Waals surface area contributed by atoms with Crippen LogP contribution in [0.1, 0.15) is 17.5 Å². The quantitative estimate of drug-likeness (QED) is 0.862. The Morgan fingerprint density at radius 2 is 2.07 bits per heavy atom. The lowest BCUT2D eigenvalue weighted by molar-refractivity contribution is 0.0292. The molecular weight excluding hydrogens is 369 g/mol. The molecule has 152 valence electrons. The molecule has 2 fully saturated rings. The van der Waals surface area contributed by atoms with E-state index in [0.717, 1.165) is 74.6 Å². The number of nitrogens with one attached hydrogen (secondary N) is 1. The Morgan fingerprint density at radius 1 is 1.14 bits per heavy atom. The molecule has 2 saturated heterocycles. The first-order valence-electron chi connectivity index (χ1n) is 10.2. The second-order valence-electron chi connectivity index (χ2n) is 7.51. The maximum Gasteiger partial charge on any atom is 0.141 e. The highest BCUT2D eigenvalue weighted by atomic mass is 19.1. The second-order valence-corrected chi connectivity index (χ2v) is 7.51. The van der Waals surface area contributed by atoms with E-state index in [2.05, 4.69) is 28.4 Å². The molecule has 0 aromatic heterocycles. The van der Waals surface area contributed by atoms with Crippen LogP contribution >= 0.6 is 0 Å². The van der Waals surface area contributed by atoms with E-state index in [1.807, 2.05) is 12.1 Å². The number of nitrogens with zero attached hydrogens (tertiary/aromatic N) is 2. The lowest BCUT2D eigenvalue weighted by Gasteiger charge is -2.27. The van der Waals surface area contributed by atoms with Gasteiger partial charge < -0.3 is 19.7 Å². The Bertz CT molecular complexity index is 882. The fourth-order valence-corrected chi connectivity index (χ4v) is 3.99. The molecule has 2 heterocycles. The normalized spacial score (nSPS) is 20.1. The highest BCUT2D eigenvalue weighted by Crippen LogP contribution is 2.34. The molecule has 5 nitrogen and oxygen atoms in total. The second kappa shape index (κ2) is 9.36. The number of nitriles is 1. The van der Waals surface area contributed by atoms with Crippen molar-refractivity contribution in [3.63, 3.8) is 0 Å². The van der Waals surface area contributed by atoms with Gasteiger partial charge in [-0.3, -0.25) is 0 Å². The van der Waals surface area contributed by atoms with Crippen molar-refractivity contribution in [3.8, 4) is 17.2 Å². The van der Waals surface area contributed by atoms with Gasteiger partial charge in [0.1, 0.15) is 11.9 Å². The third-order valence-corrected chi connectivity index (χ3v) is 5.49. The van der Waals surface area contributed by atoms with Gasteiger partial charge in [-0.05, 0) is 48.2 Å². The Balaban J connectivity index is 1.70. The van der Waals surface area contributed by atoms with Crippen molar-refractivity contribution in [3.05, 3.63) is 53.3 Å². The van der Waals surface area contributed by atoms with Crippen molar-refractivity contribution >= 4 is 5.69 Å². The molecule has 2 aromatic rings. The summed E-state index contributed by atoms with van der Waals surface area (Å²) in [5.74, 6) is -0.486. The number of anilines is 1. The fraction of sp³-hybridized carbons (Fsp3) is 0.435. The fourth-order valence-electron chi connectivity index (χ4n) is 3.99. The molecule has 0 aliphatic carbocycles. The van der Waals surface area contributed by atoms with Gasteiger partial charge >= 0.3 is 0 Å². The predicted octanol–water partition coefficient (Wildman–Crippen LogP) is 3.12. The molecule has 1 atom stereocenters. The van der Waals surface area contributed by atoms with Crippen LogP contribution in [0.25, 0.3) is 11.1 Å². The molecule has 0 spiro atoms. The van der Waals surface area contributed by atoms with E-state index in [1.54, 1.807) is 6.07 Å². The van der Waals surface area contributed by atoms with E-state index in [4.69, 9.17) is 14.7 Å². The topological polar surface area (TPSA) is 57.5 Å². The number of hydrogen-bond donors (Lipinski definition) is 1. The molecule has 29 heavy (non-hydrogen) atoms. The molecule has 0 amide bonds. The van der Waals surface area contributed by atoms with Crippen LogP contribution in [0, 0.1) is 17.1 Å². The third kappa shape index (κ3) is 4.76. The number of morpholine rings is 1. The summed E-state index contributed by atoms with van der Waals surface area (Å²) in [4.78, 5) is 2.31. The monoisotopic (exact) mass is 395 g/mol. The first-order chi connectivity index (χ1) is 14.2. The van der Waals surface area contributed by atoms with E-state index in [-0.39, 0.29) is 11.7 Å². The molecular formula is C23H26FN3O2. The molecule has 1 unspecified atom stereocenters. The van der Waals surface area contributed by atoms with E-state index >= 15 is 0 Å². The van der Waals surface area contributed by atoms with Crippen LogP contribution in [0.5, 0.6) is 0 Å². The van der Waals surface area contributed by atoms with Crippen molar-refractivity contribution in [2.24, 2.45) is 0 Å². The molecule has 0 saturated carbocycles. The van der Waals surface area contributed by atoms with Gasteiger partial charge in [-0.25, -0.2) is 4.39 Å². The third-order valence-electron chi connectivity index (χ3n) is 5.49. The van der Waals surface area contributed by atoms with Crippen molar-refractivity contribution in [1.82, 2.24) is 5.32 Å².